The monoisotopic (exact) mass is 294 g/mol. The smallest absolute Gasteiger partial charge is 0.320 e. The number of nitro groups is 1. The molecule has 116 valence electrons. The maximum absolute atomic E-state index is 11.5. The number of carbonyl (C=O) groups excluding carboxylic acids is 1. The van der Waals surface area contributed by atoms with Crippen LogP contribution in [-0.4, -0.2) is 42.0 Å². The summed E-state index contributed by atoms with van der Waals surface area (Å²) < 4.78 is 4.96. The molecule has 6 heteroatoms. The molecular formula is C15H22N2O4. The van der Waals surface area contributed by atoms with Gasteiger partial charge in [0.05, 0.1) is 18.1 Å². The van der Waals surface area contributed by atoms with Gasteiger partial charge in [-0.05, 0) is 31.9 Å². The molecule has 6 nitrogen and oxygen atoms in total. The molecule has 0 N–H and O–H groups in total. The van der Waals surface area contributed by atoms with Crippen LogP contribution < -0.4 is 0 Å². The van der Waals surface area contributed by atoms with Crippen molar-refractivity contribution >= 4 is 11.7 Å². The highest BCUT2D eigenvalue weighted by Gasteiger charge is 2.11. The summed E-state index contributed by atoms with van der Waals surface area (Å²) in [6, 6.07) is 6.52. The van der Waals surface area contributed by atoms with Gasteiger partial charge in [0.25, 0.3) is 5.69 Å². The lowest BCUT2D eigenvalue weighted by molar-refractivity contribution is -0.384. The van der Waals surface area contributed by atoms with Crippen LogP contribution in [0.5, 0.6) is 0 Å². The Hall–Kier alpha value is -1.95. The van der Waals surface area contributed by atoms with Crippen molar-refractivity contribution in [1.29, 1.82) is 0 Å². The standard InChI is InChI=1S/C15H22N2O4/c1-3-10-16(12-15(18)21-4-2)11-9-13-5-7-14(8-6-13)17(19)20/h5-8H,3-4,9-12H2,1-2H3. The van der Waals surface area contributed by atoms with Gasteiger partial charge in [0.15, 0.2) is 0 Å². The molecule has 0 spiro atoms. The molecule has 0 aliphatic heterocycles. The molecule has 0 aromatic heterocycles. The Balaban J connectivity index is 2.51. The van der Waals surface area contributed by atoms with Gasteiger partial charge in [0, 0.05) is 18.7 Å². The number of carbonyl (C=O) groups is 1. The van der Waals surface area contributed by atoms with Crippen molar-refractivity contribution in [3.63, 3.8) is 0 Å². The lowest BCUT2D eigenvalue weighted by Gasteiger charge is -2.20. The Kier molecular flexibility index (Phi) is 7.39. The molecule has 0 radical (unpaired) electrons. The first kappa shape index (κ1) is 17.1. The largest absolute Gasteiger partial charge is 0.465 e. The van der Waals surface area contributed by atoms with E-state index in [2.05, 4.69) is 6.92 Å². The number of hydrogen-bond acceptors (Lipinski definition) is 5. The molecular weight excluding hydrogens is 272 g/mol. The Morgan fingerprint density at radius 1 is 1.24 bits per heavy atom. The van der Waals surface area contributed by atoms with Crippen LogP contribution in [0.15, 0.2) is 24.3 Å². The Labute approximate surface area is 124 Å². The number of nitrogens with zero attached hydrogens (tertiary/aromatic N) is 2. The minimum atomic E-state index is -0.409. The first-order chi connectivity index (χ1) is 10.1. The predicted molar refractivity (Wildman–Crippen MR) is 80.2 cm³/mol. The Morgan fingerprint density at radius 3 is 2.43 bits per heavy atom. The van der Waals surface area contributed by atoms with Crippen molar-refractivity contribution in [2.45, 2.75) is 26.7 Å². The van der Waals surface area contributed by atoms with E-state index in [4.69, 9.17) is 4.74 Å². The van der Waals surface area contributed by atoms with Crippen LogP contribution in [-0.2, 0) is 16.0 Å². The molecule has 1 rings (SSSR count). The van der Waals surface area contributed by atoms with Crippen molar-refractivity contribution in [2.24, 2.45) is 0 Å². The number of benzene rings is 1. The lowest BCUT2D eigenvalue weighted by atomic mass is 10.1. The summed E-state index contributed by atoms with van der Waals surface area (Å²) in [4.78, 5) is 23.7. The second-order valence-corrected chi connectivity index (χ2v) is 4.75. The molecule has 0 aliphatic rings. The molecule has 0 bridgehead atoms. The van der Waals surface area contributed by atoms with Crippen LogP contribution in [0.3, 0.4) is 0 Å². The Bertz CT molecular complexity index is 459. The third kappa shape index (κ3) is 6.35. The van der Waals surface area contributed by atoms with Crippen LogP contribution in [0.25, 0.3) is 0 Å². The van der Waals surface area contributed by atoms with Crippen molar-refractivity contribution in [3.05, 3.63) is 39.9 Å². The van der Waals surface area contributed by atoms with Crippen molar-refractivity contribution in [3.8, 4) is 0 Å². The number of rotatable bonds is 9. The molecule has 0 saturated carbocycles. The van der Waals surface area contributed by atoms with Gasteiger partial charge < -0.3 is 4.74 Å². The summed E-state index contributed by atoms with van der Waals surface area (Å²) in [5, 5.41) is 10.6. The molecule has 1 aromatic rings. The van der Waals surface area contributed by atoms with Crippen molar-refractivity contribution in [2.75, 3.05) is 26.2 Å². The van der Waals surface area contributed by atoms with Gasteiger partial charge in [-0.25, -0.2) is 0 Å². The van der Waals surface area contributed by atoms with Gasteiger partial charge in [-0.2, -0.15) is 0 Å². The van der Waals surface area contributed by atoms with E-state index in [-0.39, 0.29) is 18.2 Å². The fraction of sp³-hybridized carbons (Fsp3) is 0.533. The molecule has 0 unspecified atom stereocenters. The van der Waals surface area contributed by atoms with Gasteiger partial charge >= 0.3 is 5.97 Å². The van der Waals surface area contributed by atoms with E-state index in [0.29, 0.717) is 6.61 Å². The van der Waals surface area contributed by atoms with Crippen molar-refractivity contribution in [1.82, 2.24) is 4.90 Å². The van der Waals surface area contributed by atoms with E-state index in [1.807, 2.05) is 4.90 Å². The van der Waals surface area contributed by atoms with Gasteiger partial charge in [-0.3, -0.25) is 19.8 Å². The van der Waals surface area contributed by atoms with Crippen LogP contribution >= 0.6 is 0 Å². The number of esters is 1. The quantitative estimate of drug-likeness (QED) is 0.397. The highest BCUT2D eigenvalue weighted by Crippen LogP contribution is 2.12. The van der Waals surface area contributed by atoms with Crippen LogP contribution in [0, 0.1) is 10.1 Å². The first-order valence-electron chi connectivity index (χ1n) is 7.18. The Morgan fingerprint density at radius 2 is 1.90 bits per heavy atom. The van der Waals surface area contributed by atoms with Crippen molar-refractivity contribution < 1.29 is 14.5 Å². The van der Waals surface area contributed by atoms with Gasteiger partial charge in [0.2, 0.25) is 0 Å². The molecule has 0 aliphatic carbocycles. The minimum Gasteiger partial charge on any atom is -0.465 e. The average Bonchev–Trinajstić information content (AvgIpc) is 2.45. The number of ether oxygens (including phenoxy) is 1. The molecule has 21 heavy (non-hydrogen) atoms. The van der Waals surface area contributed by atoms with E-state index in [1.165, 1.54) is 12.1 Å². The highest BCUT2D eigenvalue weighted by molar-refractivity contribution is 5.71. The van der Waals surface area contributed by atoms with Gasteiger partial charge in [0.1, 0.15) is 0 Å². The van der Waals surface area contributed by atoms with E-state index in [9.17, 15) is 14.9 Å². The number of hydrogen-bond donors (Lipinski definition) is 0. The SMILES string of the molecule is CCCN(CCc1ccc([N+](=O)[O-])cc1)CC(=O)OCC. The third-order valence-electron chi connectivity index (χ3n) is 3.06. The zero-order valence-corrected chi connectivity index (χ0v) is 12.6. The van der Waals surface area contributed by atoms with E-state index in [0.717, 1.165) is 31.5 Å². The number of nitro benzene ring substituents is 1. The van der Waals surface area contributed by atoms with Crippen LogP contribution in [0.1, 0.15) is 25.8 Å². The summed E-state index contributed by atoms with van der Waals surface area (Å²) in [7, 11) is 0. The van der Waals surface area contributed by atoms with Crippen LogP contribution in [0.2, 0.25) is 0 Å². The third-order valence-corrected chi connectivity index (χ3v) is 3.06. The zero-order valence-electron chi connectivity index (χ0n) is 12.6. The summed E-state index contributed by atoms with van der Waals surface area (Å²) in [6.45, 7) is 6.08. The predicted octanol–water partition coefficient (Wildman–Crippen LogP) is 2.41. The van der Waals surface area contributed by atoms with E-state index in [1.54, 1.807) is 19.1 Å². The second kappa shape index (κ2) is 9.07. The molecule has 0 saturated heterocycles. The fourth-order valence-electron chi connectivity index (χ4n) is 2.05. The molecule has 0 heterocycles. The number of non-ortho nitro benzene ring substituents is 1. The van der Waals surface area contributed by atoms with Gasteiger partial charge in [-0.15, -0.1) is 0 Å². The second-order valence-electron chi connectivity index (χ2n) is 4.75. The fourth-order valence-corrected chi connectivity index (χ4v) is 2.05. The molecule has 0 amide bonds. The molecule has 0 atom stereocenters. The summed E-state index contributed by atoms with van der Waals surface area (Å²) in [5.41, 5.74) is 1.11. The minimum absolute atomic E-state index is 0.0932. The molecule has 0 fully saturated rings. The maximum Gasteiger partial charge on any atom is 0.320 e. The average molecular weight is 294 g/mol. The van der Waals surface area contributed by atoms with Crippen LogP contribution in [0.4, 0.5) is 5.69 Å². The highest BCUT2D eigenvalue weighted by atomic mass is 16.6. The lowest BCUT2D eigenvalue weighted by Crippen LogP contribution is -2.33. The topological polar surface area (TPSA) is 72.7 Å². The molecule has 1 aromatic carbocycles. The normalized spacial score (nSPS) is 10.6. The summed E-state index contributed by atoms with van der Waals surface area (Å²) in [6.07, 6.45) is 1.71. The van der Waals surface area contributed by atoms with E-state index >= 15 is 0 Å². The maximum atomic E-state index is 11.5. The van der Waals surface area contributed by atoms with E-state index < -0.39 is 4.92 Å². The summed E-state index contributed by atoms with van der Waals surface area (Å²) in [5.74, 6) is -0.213. The summed E-state index contributed by atoms with van der Waals surface area (Å²) >= 11 is 0. The van der Waals surface area contributed by atoms with Gasteiger partial charge in [-0.1, -0.05) is 19.1 Å². The zero-order chi connectivity index (χ0) is 15.7. The first-order valence-corrected chi connectivity index (χ1v) is 7.18.